The van der Waals surface area contributed by atoms with Crippen LogP contribution in [0.2, 0.25) is 0 Å². The third-order valence-electron chi connectivity index (χ3n) is 4.24. The molecule has 4 rings (SSSR count). The van der Waals surface area contributed by atoms with E-state index in [2.05, 4.69) is 15.0 Å². The highest BCUT2D eigenvalue weighted by atomic mass is 14.9. The Morgan fingerprint density at radius 2 is 1.69 bits per heavy atom. The van der Waals surface area contributed by atoms with Gasteiger partial charge in [-0.25, -0.2) is 9.97 Å². The van der Waals surface area contributed by atoms with Crippen molar-refractivity contribution in [2.24, 2.45) is 0 Å². The van der Waals surface area contributed by atoms with E-state index in [1.807, 2.05) is 67.6 Å². The zero-order chi connectivity index (χ0) is 18.1. The van der Waals surface area contributed by atoms with Gasteiger partial charge in [0.05, 0.1) is 16.9 Å². The molecule has 0 aliphatic carbocycles. The largest absolute Gasteiger partial charge is 0.381 e. The summed E-state index contributed by atoms with van der Waals surface area (Å²) in [4.78, 5) is 13.4. The van der Waals surface area contributed by atoms with Gasteiger partial charge >= 0.3 is 0 Å². The standard InChI is InChI=1S/C21H15N5/c1-13-10-16(11-15-8-5-9-24-18(13)15)20-19(14-6-3-2-4-7-14)26-21(23)17(12-22)25-20/h2-11H,1H3,(H2,23,26). The molecule has 4 aromatic rings. The second-order valence-corrected chi connectivity index (χ2v) is 6.00. The van der Waals surface area contributed by atoms with Crippen molar-refractivity contribution in [3.63, 3.8) is 0 Å². The van der Waals surface area contributed by atoms with Crippen molar-refractivity contribution < 1.29 is 0 Å². The van der Waals surface area contributed by atoms with Crippen LogP contribution in [0.15, 0.2) is 60.8 Å². The molecule has 0 saturated heterocycles. The Kier molecular flexibility index (Phi) is 3.79. The van der Waals surface area contributed by atoms with Gasteiger partial charge in [0.2, 0.25) is 0 Å². The summed E-state index contributed by atoms with van der Waals surface area (Å²) in [6, 6.07) is 19.7. The van der Waals surface area contributed by atoms with Gasteiger partial charge in [-0.2, -0.15) is 5.26 Å². The number of benzene rings is 2. The van der Waals surface area contributed by atoms with Gasteiger partial charge in [0.1, 0.15) is 6.07 Å². The van der Waals surface area contributed by atoms with Crippen LogP contribution >= 0.6 is 0 Å². The van der Waals surface area contributed by atoms with E-state index in [-0.39, 0.29) is 11.5 Å². The predicted molar refractivity (Wildman–Crippen MR) is 102 cm³/mol. The van der Waals surface area contributed by atoms with Gasteiger partial charge in [0, 0.05) is 22.7 Å². The van der Waals surface area contributed by atoms with Gasteiger partial charge in [-0.05, 0) is 30.7 Å². The molecule has 5 heteroatoms. The molecule has 5 nitrogen and oxygen atoms in total. The number of fused-ring (bicyclic) bond motifs is 1. The molecule has 2 aromatic heterocycles. The molecule has 0 aliphatic rings. The molecular weight excluding hydrogens is 322 g/mol. The van der Waals surface area contributed by atoms with Crippen LogP contribution in [0.3, 0.4) is 0 Å². The number of anilines is 1. The Labute approximate surface area is 150 Å². The number of aryl methyl sites for hydroxylation is 1. The van der Waals surface area contributed by atoms with E-state index in [0.29, 0.717) is 11.4 Å². The topological polar surface area (TPSA) is 88.5 Å². The van der Waals surface area contributed by atoms with Crippen molar-refractivity contribution in [3.8, 4) is 28.6 Å². The summed E-state index contributed by atoms with van der Waals surface area (Å²) in [5.41, 5.74) is 11.1. The smallest absolute Gasteiger partial charge is 0.183 e. The van der Waals surface area contributed by atoms with Crippen molar-refractivity contribution in [2.75, 3.05) is 5.73 Å². The van der Waals surface area contributed by atoms with E-state index in [9.17, 15) is 5.26 Å². The summed E-state index contributed by atoms with van der Waals surface area (Å²) >= 11 is 0. The van der Waals surface area contributed by atoms with Crippen molar-refractivity contribution in [3.05, 3.63) is 72.1 Å². The highest BCUT2D eigenvalue weighted by Crippen LogP contribution is 2.33. The molecule has 0 unspecified atom stereocenters. The van der Waals surface area contributed by atoms with Crippen LogP contribution in [0, 0.1) is 18.3 Å². The van der Waals surface area contributed by atoms with E-state index < -0.39 is 0 Å². The van der Waals surface area contributed by atoms with Gasteiger partial charge in [-0.1, -0.05) is 36.4 Å². The van der Waals surface area contributed by atoms with E-state index in [4.69, 9.17) is 5.73 Å². The Bertz CT molecular complexity index is 1160. The minimum Gasteiger partial charge on any atom is -0.381 e. The van der Waals surface area contributed by atoms with Gasteiger partial charge < -0.3 is 5.73 Å². The molecule has 0 saturated carbocycles. The molecule has 0 radical (unpaired) electrons. The Hall–Kier alpha value is -3.78. The van der Waals surface area contributed by atoms with E-state index in [0.717, 1.165) is 27.6 Å². The number of nitrogens with zero attached hydrogens (tertiary/aromatic N) is 4. The van der Waals surface area contributed by atoms with Crippen LogP contribution < -0.4 is 5.73 Å². The highest BCUT2D eigenvalue weighted by molar-refractivity contribution is 5.89. The SMILES string of the molecule is Cc1cc(-c2nc(C#N)c(N)nc2-c2ccccc2)cc2cccnc12. The van der Waals surface area contributed by atoms with Crippen LogP contribution in [0.5, 0.6) is 0 Å². The highest BCUT2D eigenvalue weighted by Gasteiger charge is 2.16. The van der Waals surface area contributed by atoms with Crippen LogP contribution in [0.1, 0.15) is 11.3 Å². The van der Waals surface area contributed by atoms with Gasteiger partial charge in [-0.3, -0.25) is 4.98 Å². The summed E-state index contributed by atoms with van der Waals surface area (Å²) in [5, 5.41) is 10.3. The summed E-state index contributed by atoms with van der Waals surface area (Å²) < 4.78 is 0. The van der Waals surface area contributed by atoms with Crippen molar-refractivity contribution in [1.82, 2.24) is 15.0 Å². The number of nitrogen functional groups attached to an aromatic ring is 1. The van der Waals surface area contributed by atoms with Crippen LogP contribution in [-0.4, -0.2) is 15.0 Å². The second-order valence-electron chi connectivity index (χ2n) is 6.00. The molecule has 0 bridgehead atoms. The minimum absolute atomic E-state index is 0.128. The number of nitriles is 1. The zero-order valence-corrected chi connectivity index (χ0v) is 14.1. The lowest BCUT2D eigenvalue weighted by atomic mass is 9.99. The van der Waals surface area contributed by atoms with E-state index >= 15 is 0 Å². The monoisotopic (exact) mass is 337 g/mol. The first-order valence-electron chi connectivity index (χ1n) is 8.16. The Balaban J connectivity index is 2.03. The average Bonchev–Trinajstić information content (AvgIpc) is 2.68. The first kappa shape index (κ1) is 15.7. The number of aromatic nitrogens is 3. The number of hydrogen-bond acceptors (Lipinski definition) is 5. The Morgan fingerprint density at radius 3 is 2.46 bits per heavy atom. The number of rotatable bonds is 2. The summed E-state index contributed by atoms with van der Waals surface area (Å²) in [6.07, 6.45) is 1.78. The molecule has 0 aliphatic heterocycles. The summed E-state index contributed by atoms with van der Waals surface area (Å²) in [7, 11) is 0. The van der Waals surface area contributed by atoms with Crippen LogP contribution in [-0.2, 0) is 0 Å². The minimum atomic E-state index is 0.128. The maximum atomic E-state index is 9.34. The van der Waals surface area contributed by atoms with Gasteiger partial charge in [0.25, 0.3) is 0 Å². The fourth-order valence-corrected chi connectivity index (χ4v) is 3.04. The fourth-order valence-electron chi connectivity index (χ4n) is 3.04. The van der Waals surface area contributed by atoms with Crippen molar-refractivity contribution in [2.45, 2.75) is 6.92 Å². The maximum Gasteiger partial charge on any atom is 0.183 e. The molecule has 0 atom stereocenters. The summed E-state index contributed by atoms with van der Waals surface area (Å²) in [5.74, 6) is 0.134. The Morgan fingerprint density at radius 1 is 0.923 bits per heavy atom. The van der Waals surface area contributed by atoms with E-state index in [1.54, 1.807) is 6.20 Å². The molecule has 124 valence electrons. The van der Waals surface area contributed by atoms with Crippen molar-refractivity contribution in [1.29, 1.82) is 5.26 Å². The van der Waals surface area contributed by atoms with Crippen molar-refractivity contribution >= 4 is 16.7 Å². The molecule has 0 fully saturated rings. The molecule has 2 N–H and O–H groups in total. The summed E-state index contributed by atoms with van der Waals surface area (Å²) in [6.45, 7) is 2.01. The molecule has 2 heterocycles. The van der Waals surface area contributed by atoms with Crippen LogP contribution in [0.4, 0.5) is 5.82 Å². The molecule has 26 heavy (non-hydrogen) atoms. The van der Waals surface area contributed by atoms with Gasteiger partial charge in [-0.15, -0.1) is 0 Å². The predicted octanol–water partition coefficient (Wildman–Crippen LogP) is 4.12. The van der Waals surface area contributed by atoms with Gasteiger partial charge in [0.15, 0.2) is 11.5 Å². The zero-order valence-electron chi connectivity index (χ0n) is 14.1. The van der Waals surface area contributed by atoms with E-state index in [1.165, 1.54) is 0 Å². The molecular formula is C21H15N5. The normalized spacial score (nSPS) is 10.6. The molecule has 0 spiro atoms. The lowest BCUT2D eigenvalue weighted by Gasteiger charge is -2.12. The maximum absolute atomic E-state index is 9.34. The molecule has 0 amide bonds. The second kappa shape index (κ2) is 6.26. The lowest BCUT2D eigenvalue weighted by Crippen LogP contribution is -2.03. The first-order valence-corrected chi connectivity index (χ1v) is 8.16. The fraction of sp³-hybridized carbons (Fsp3) is 0.0476. The third kappa shape index (κ3) is 2.64. The first-order chi connectivity index (χ1) is 12.7. The lowest BCUT2D eigenvalue weighted by molar-refractivity contribution is 1.18. The average molecular weight is 337 g/mol. The number of pyridine rings is 1. The quantitative estimate of drug-likeness (QED) is 0.594. The third-order valence-corrected chi connectivity index (χ3v) is 4.24. The number of nitrogens with two attached hydrogens (primary N) is 1. The molecule has 2 aromatic carbocycles. The van der Waals surface area contributed by atoms with Crippen LogP contribution in [0.25, 0.3) is 33.4 Å². The number of hydrogen-bond donors (Lipinski definition) is 1.